The predicted octanol–water partition coefficient (Wildman–Crippen LogP) is 3.81. The molecule has 1 aliphatic rings. The minimum absolute atomic E-state index is 0.154. The van der Waals surface area contributed by atoms with E-state index in [9.17, 15) is 8.78 Å². The van der Waals surface area contributed by atoms with E-state index in [-0.39, 0.29) is 11.2 Å². The van der Waals surface area contributed by atoms with Gasteiger partial charge in [-0.3, -0.25) is 0 Å². The van der Waals surface area contributed by atoms with Gasteiger partial charge in [0.05, 0.1) is 0 Å². The van der Waals surface area contributed by atoms with Crippen molar-refractivity contribution in [2.75, 3.05) is 13.1 Å². The van der Waals surface area contributed by atoms with Gasteiger partial charge in [0.25, 0.3) is 0 Å². The topological polar surface area (TPSA) is 12.0 Å². The molecule has 1 saturated heterocycles. The van der Waals surface area contributed by atoms with Gasteiger partial charge in [0.15, 0.2) is 0 Å². The lowest BCUT2D eigenvalue weighted by Gasteiger charge is -2.43. The molecule has 0 aromatic heterocycles. The molecule has 0 aliphatic carbocycles. The van der Waals surface area contributed by atoms with Crippen LogP contribution in [0.4, 0.5) is 8.78 Å². The second kappa shape index (κ2) is 5.26. The zero-order chi connectivity index (χ0) is 14.2. The van der Waals surface area contributed by atoms with Crippen LogP contribution in [0.1, 0.15) is 11.1 Å². The second-order valence-electron chi connectivity index (χ2n) is 5.31. The summed E-state index contributed by atoms with van der Waals surface area (Å²) in [5.41, 5.74) is 1.43. The highest BCUT2D eigenvalue weighted by atomic mass is 79.9. The van der Waals surface area contributed by atoms with Gasteiger partial charge in [-0.05, 0) is 47.9 Å². The third-order valence-electron chi connectivity index (χ3n) is 3.90. The van der Waals surface area contributed by atoms with Crippen molar-refractivity contribution in [3.63, 3.8) is 0 Å². The molecule has 0 amide bonds. The maximum absolute atomic E-state index is 13.9. The van der Waals surface area contributed by atoms with Gasteiger partial charge >= 0.3 is 0 Å². The van der Waals surface area contributed by atoms with E-state index < -0.39 is 5.82 Å². The fraction of sp³-hybridized carbons (Fsp3) is 0.250. The number of hydrogen-bond acceptors (Lipinski definition) is 1. The Kier molecular flexibility index (Phi) is 3.61. The lowest BCUT2D eigenvalue weighted by atomic mass is 9.71. The fourth-order valence-electron chi connectivity index (χ4n) is 2.72. The first-order valence-corrected chi connectivity index (χ1v) is 7.29. The SMILES string of the molecule is Fc1ccc(F)c(CC2(c3cccc(Br)c3)CNC2)c1. The summed E-state index contributed by atoms with van der Waals surface area (Å²) >= 11 is 3.46. The zero-order valence-electron chi connectivity index (χ0n) is 10.8. The molecule has 1 fully saturated rings. The highest BCUT2D eigenvalue weighted by molar-refractivity contribution is 9.10. The summed E-state index contributed by atoms with van der Waals surface area (Å²) in [7, 11) is 0. The molecule has 0 atom stereocenters. The molecule has 0 spiro atoms. The average molecular weight is 338 g/mol. The van der Waals surface area contributed by atoms with Crippen LogP contribution < -0.4 is 5.32 Å². The molecule has 2 aromatic rings. The van der Waals surface area contributed by atoms with Crippen LogP contribution in [-0.4, -0.2) is 13.1 Å². The van der Waals surface area contributed by atoms with E-state index in [0.29, 0.717) is 12.0 Å². The highest BCUT2D eigenvalue weighted by Gasteiger charge is 2.39. The molecule has 1 N–H and O–H groups in total. The first kappa shape index (κ1) is 13.7. The smallest absolute Gasteiger partial charge is 0.126 e. The Morgan fingerprint density at radius 2 is 1.90 bits per heavy atom. The van der Waals surface area contributed by atoms with Crippen molar-refractivity contribution in [2.24, 2.45) is 0 Å². The summed E-state index contributed by atoms with van der Waals surface area (Å²) in [6, 6.07) is 11.7. The molecule has 4 heteroatoms. The molecule has 20 heavy (non-hydrogen) atoms. The molecule has 104 valence electrons. The van der Waals surface area contributed by atoms with Crippen molar-refractivity contribution < 1.29 is 8.78 Å². The van der Waals surface area contributed by atoms with Gasteiger partial charge in [0.2, 0.25) is 0 Å². The van der Waals surface area contributed by atoms with E-state index >= 15 is 0 Å². The van der Waals surface area contributed by atoms with Crippen LogP contribution in [-0.2, 0) is 11.8 Å². The Morgan fingerprint density at radius 1 is 1.10 bits per heavy atom. The maximum atomic E-state index is 13.9. The molecular formula is C16H14BrF2N. The van der Waals surface area contributed by atoms with Gasteiger partial charge in [0, 0.05) is 23.0 Å². The summed E-state index contributed by atoms with van der Waals surface area (Å²) in [4.78, 5) is 0. The van der Waals surface area contributed by atoms with Crippen molar-refractivity contribution in [3.8, 4) is 0 Å². The number of nitrogens with one attached hydrogen (secondary N) is 1. The second-order valence-corrected chi connectivity index (χ2v) is 6.22. The lowest BCUT2D eigenvalue weighted by Crippen LogP contribution is -2.58. The Labute approximate surface area is 125 Å². The van der Waals surface area contributed by atoms with Gasteiger partial charge in [-0.1, -0.05) is 28.1 Å². The average Bonchev–Trinajstić information content (AvgIpc) is 2.38. The molecule has 1 aliphatic heterocycles. The van der Waals surface area contributed by atoms with Crippen molar-refractivity contribution in [3.05, 3.63) is 69.7 Å². The third-order valence-corrected chi connectivity index (χ3v) is 4.39. The van der Waals surface area contributed by atoms with Crippen molar-refractivity contribution in [2.45, 2.75) is 11.8 Å². The van der Waals surface area contributed by atoms with E-state index in [4.69, 9.17) is 0 Å². The van der Waals surface area contributed by atoms with E-state index in [0.717, 1.165) is 29.2 Å². The van der Waals surface area contributed by atoms with Crippen molar-refractivity contribution in [1.29, 1.82) is 0 Å². The van der Waals surface area contributed by atoms with Gasteiger partial charge in [-0.25, -0.2) is 8.78 Å². The third kappa shape index (κ3) is 2.50. The summed E-state index contributed by atoms with van der Waals surface area (Å²) in [6.45, 7) is 1.55. The van der Waals surface area contributed by atoms with Crippen LogP contribution in [0, 0.1) is 11.6 Å². The number of hydrogen-bond donors (Lipinski definition) is 1. The molecule has 1 nitrogen and oxygen atoms in total. The quantitative estimate of drug-likeness (QED) is 0.897. The maximum Gasteiger partial charge on any atom is 0.126 e. The summed E-state index contributed by atoms with van der Waals surface area (Å²) in [5, 5.41) is 3.24. The Hall–Kier alpha value is -1.26. The number of halogens is 3. The van der Waals surface area contributed by atoms with Crippen LogP contribution in [0.2, 0.25) is 0 Å². The lowest BCUT2D eigenvalue weighted by molar-refractivity contribution is 0.271. The number of benzene rings is 2. The molecule has 0 bridgehead atoms. The minimum atomic E-state index is -0.391. The van der Waals surface area contributed by atoms with Crippen molar-refractivity contribution >= 4 is 15.9 Å². The number of rotatable bonds is 3. The molecule has 2 aromatic carbocycles. The standard InChI is InChI=1S/C16H14BrF2N/c17-13-3-1-2-12(7-13)16(9-20-10-16)8-11-6-14(18)4-5-15(11)19/h1-7,20H,8-10H2. The Bertz CT molecular complexity index is 638. The van der Waals surface area contributed by atoms with Gasteiger partial charge in [0.1, 0.15) is 11.6 Å². The van der Waals surface area contributed by atoms with Gasteiger partial charge in [-0.15, -0.1) is 0 Å². The van der Waals surface area contributed by atoms with E-state index in [1.54, 1.807) is 0 Å². The molecule has 0 saturated carbocycles. The molecule has 0 unspecified atom stereocenters. The van der Waals surface area contributed by atoms with Gasteiger partial charge in [-0.2, -0.15) is 0 Å². The minimum Gasteiger partial charge on any atom is -0.315 e. The summed E-state index contributed by atoms with van der Waals surface area (Å²) < 4.78 is 28.2. The molecule has 1 heterocycles. The summed E-state index contributed by atoms with van der Waals surface area (Å²) in [6.07, 6.45) is 0.500. The van der Waals surface area contributed by atoms with Crippen LogP contribution in [0.15, 0.2) is 46.9 Å². The van der Waals surface area contributed by atoms with Crippen LogP contribution in [0.25, 0.3) is 0 Å². The molecular weight excluding hydrogens is 324 g/mol. The highest BCUT2D eigenvalue weighted by Crippen LogP contribution is 2.34. The first-order valence-electron chi connectivity index (χ1n) is 6.50. The van der Waals surface area contributed by atoms with Crippen LogP contribution >= 0.6 is 15.9 Å². The fourth-order valence-corrected chi connectivity index (χ4v) is 3.12. The normalized spacial score (nSPS) is 16.8. The van der Waals surface area contributed by atoms with E-state index in [1.165, 1.54) is 12.1 Å². The van der Waals surface area contributed by atoms with Gasteiger partial charge < -0.3 is 5.32 Å². The summed E-state index contributed by atoms with van der Waals surface area (Å²) in [5.74, 6) is -0.731. The van der Waals surface area contributed by atoms with E-state index in [2.05, 4.69) is 27.3 Å². The Morgan fingerprint density at radius 3 is 2.55 bits per heavy atom. The Balaban J connectivity index is 1.96. The van der Waals surface area contributed by atoms with E-state index in [1.807, 2.05) is 18.2 Å². The first-order chi connectivity index (χ1) is 9.59. The molecule has 3 rings (SSSR count). The van der Waals surface area contributed by atoms with Crippen molar-refractivity contribution in [1.82, 2.24) is 5.32 Å². The monoisotopic (exact) mass is 337 g/mol. The molecule has 0 radical (unpaired) electrons. The zero-order valence-corrected chi connectivity index (χ0v) is 12.4. The predicted molar refractivity (Wildman–Crippen MR) is 78.8 cm³/mol. The van der Waals surface area contributed by atoms with Crippen LogP contribution in [0.5, 0.6) is 0 Å². The van der Waals surface area contributed by atoms with Crippen LogP contribution in [0.3, 0.4) is 0 Å². The largest absolute Gasteiger partial charge is 0.315 e.